The van der Waals surface area contributed by atoms with Crippen molar-refractivity contribution >= 4 is 33.6 Å². The zero-order valence-electron chi connectivity index (χ0n) is 20.6. The van der Waals surface area contributed by atoms with Crippen LogP contribution in [0.3, 0.4) is 0 Å². The van der Waals surface area contributed by atoms with E-state index in [1.165, 1.54) is 24.0 Å². The number of hydrogen-bond donors (Lipinski definition) is 1. The minimum Gasteiger partial charge on any atom is -0.338 e. The number of benzene rings is 2. The number of carbonyl (C=O) groups is 2. The number of carbonyl (C=O) groups excluding carboxylic acids is 2. The Morgan fingerprint density at radius 1 is 1.28 bits per heavy atom. The summed E-state index contributed by atoms with van der Waals surface area (Å²) in [5.41, 5.74) is 2.35. The van der Waals surface area contributed by atoms with E-state index in [4.69, 9.17) is 0 Å². The van der Waals surface area contributed by atoms with Crippen molar-refractivity contribution in [3.05, 3.63) is 69.8 Å². The minimum atomic E-state index is -3.68. The van der Waals surface area contributed by atoms with Crippen molar-refractivity contribution in [2.75, 3.05) is 18.8 Å². The van der Waals surface area contributed by atoms with Gasteiger partial charge < -0.3 is 4.90 Å². The summed E-state index contributed by atoms with van der Waals surface area (Å²) in [7, 11) is -3.68. The van der Waals surface area contributed by atoms with E-state index in [2.05, 4.69) is 10.8 Å². The van der Waals surface area contributed by atoms with E-state index in [0.717, 1.165) is 5.56 Å². The highest BCUT2D eigenvalue weighted by atomic mass is 32.2. The second kappa shape index (κ2) is 11.5. The number of sulfonamides is 1. The van der Waals surface area contributed by atoms with E-state index in [9.17, 15) is 28.1 Å². The highest BCUT2D eigenvalue weighted by molar-refractivity contribution is 7.90. The predicted molar refractivity (Wildman–Crippen MR) is 137 cm³/mol. The average Bonchev–Trinajstić information content (AvgIpc) is 2.86. The third-order valence-electron chi connectivity index (χ3n) is 6.19. The molecule has 2 aromatic carbocycles. The molecule has 1 atom stereocenters. The van der Waals surface area contributed by atoms with E-state index in [0.29, 0.717) is 36.1 Å². The number of rotatable bonds is 8. The van der Waals surface area contributed by atoms with Gasteiger partial charge in [0.2, 0.25) is 21.8 Å². The number of nitrogens with one attached hydrogen (secondary N) is 1. The van der Waals surface area contributed by atoms with Gasteiger partial charge in [0, 0.05) is 19.2 Å². The molecule has 0 bridgehead atoms. The standard InChI is InChI=1S/C26H30N3O6S/c1-4-36(34,35)27-26(31)20-10-8-16-28(17-20)24(30)15-14-19-9-7-13-23(29(32)33)25(19)22-12-6-5-11-21(22)18(2)3/h5-7,9,11-12,14-15,18,20H,4,8,10,16-17H2,1-3H3,(H,27,31)/b15-14+. The van der Waals surface area contributed by atoms with Gasteiger partial charge in [-0.2, -0.15) is 0 Å². The normalized spacial score (nSPS) is 16.3. The molecule has 2 aromatic rings. The number of nitrogens with zero attached hydrogens (tertiary/aromatic N) is 2. The van der Waals surface area contributed by atoms with Crippen LogP contribution in [0, 0.1) is 22.1 Å². The molecular formula is C26H30N3O6S. The van der Waals surface area contributed by atoms with Crippen molar-refractivity contribution in [2.24, 2.45) is 5.92 Å². The molecule has 0 aromatic heterocycles. The largest absolute Gasteiger partial charge is 0.338 e. The predicted octanol–water partition coefficient (Wildman–Crippen LogP) is 3.90. The van der Waals surface area contributed by atoms with Crippen molar-refractivity contribution in [2.45, 2.75) is 39.5 Å². The molecule has 9 nitrogen and oxygen atoms in total. The summed E-state index contributed by atoms with van der Waals surface area (Å²) in [5, 5.41) is 11.8. The molecule has 3 rings (SSSR count). The Morgan fingerprint density at radius 2 is 2.00 bits per heavy atom. The lowest BCUT2D eigenvalue weighted by molar-refractivity contribution is -0.384. The second-order valence-corrected chi connectivity index (χ2v) is 11.0. The fraction of sp³-hybridized carbons (Fsp3) is 0.385. The summed E-state index contributed by atoms with van der Waals surface area (Å²) in [6.45, 7) is 5.98. The van der Waals surface area contributed by atoms with Crippen molar-refractivity contribution < 1.29 is 22.9 Å². The van der Waals surface area contributed by atoms with Crippen LogP contribution in [0.5, 0.6) is 0 Å². The second-order valence-electron chi connectivity index (χ2n) is 8.98. The van der Waals surface area contributed by atoms with Gasteiger partial charge in [0.05, 0.1) is 28.2 Å². The molecule has 1 N–H and O–H groups in total. The maximum absolute atomic E-state index is 13.0. The summed E-state index contributed by atoms with van der Waals surface area (Å²) in [5.74, 6) is -1.69. The third kappa shape index (κ3) is 6.37. The molecule has 0 saturated carbocycles. The van der Waals surface area contributed by atoms with Gasteiger partial charge in [-0.3, -0.25) is 24.4 Å². The fourth-order valence-corrected chi connectivity index (χ4v) is 4.88. The van der Waals surface area contributed by atoms with Gasteiger partial charge in [-0.1, -0.05) is 44.2 Å². The van der Waals surface area contributed by atoms with Crippen LogP contribution in [0.25, 0.3) is 17.2 Å². The lowest BCUT2D eigenvalue weighted by Crippen LogP contribution is -2.46. The van der Waals surface area contributed by atoms with Crippen LogP contribution in [0.1, 0.15) is 50.7 Å². The first kappa shape index (κ1) is 27.1. The molecule has 36 heavy (non-hydrogen) atoms. The number of likely N-dealkylation sites (tertiary alicyclic amines) is 1. The number of nitro groups is 1. The quantitative estimate of drug-likeness (QED) is 0.325. The van der Waals surface area contributed by atoms with Crippen LogP contribution >= 0.6 is 0 Å². The highest BCUT2D eigenvalue weighted by Crippen LogP contribution is 2.38. The Morgan fingerprint density at radius 3 is 2.67 bits per heavy atom. The third-order valence-corrected chi connectivity index (χ3v) is 7.46. The Labute approximate surface area is 211 Å². The fourth-order valence-electron chi connectivity index (χ4n) is 4.26. The Bertz CT molecular complexity index is 1290. The van der Waals surface area contributed by atoms with Crippen LogP contribution in [-0.2, 0) is 19.6 Å². The van der Waals surface area contributed by atoms with Crippen molar-refractivity contribution in [3.8, 4) is 11.1 Å². The Balaban J connectivity index is 1.89. The molecule has 2 amide bonds. The van der Waals surface area contributed by atoms with Crippen LogP contribution in [0.15, 0.2) is 42.5 Å². The first-order valence-corrected chi connectivity index (χ1v) is 13.5. The Hall–Kier alpha value is -3.53. The number of hydrogen-bond acceptors (Lipinski definition) is 6. The zero-order chi connectivity index (χ0) is 26.5. The van der Waals surface area contributed by atoms with Crippen LogP contribution in [0.4, 0.5) is 5.69 Å². The van der Waals surface area contributed by atoms with E-state index >= 15 is 0 Å². The van der Waals surface area contributed by atoms with Crippen molar-refractivity contribution in [1.82, 2.24) is 9.62 Å². The summed E-state index contributed by atoms with van der Waals surface area (Å²) in [6, 6.07) is 13.3. The van der Waals surface area contributed by atoms with Crippen LogP contribution < -0.4 is 4.72 Å². The summed E-state index contributed by atoms with van der Waals surface area (Å²) in [6.07, 6.45) is 3.92. The van der Waals surface area contributed by atoms with Gasteiger partial charge in [0.15, 0.2) is 0 Å². The minimum absolute atomic E-state index is 0.0972. The maximum atomic E-state index is 13.0. The first-order chi connectivity index (χ1) is 17.0. The van der Waals surface area contributed by atoms with Gasteiger partial charge in [-0.25, -0.2) is 8.42 Å². The van der Waals surface area contributed by atoms with E-state index < -0.39 is 26.8 Å². The van der Waals surface area contributed by atoms with Crippen LogP contribution in [-0.4, -0.2) is 48.9 Å². The van der Waals surface area contributed by atoms with E-state index in [1.807, 2.05) is 38.1 Å². The molecular weight excluding hydrogens is 482 g/mol. The average molecular weight is 513 g/mol. The molecule has 1 radical (unpaired) electrons. The lowest BCUT2D eigenvalue weighted by atomic mass is 9.89. The molecule has 1 aliphatic rings. The summed E-state index contributed by atoms with van der Waals surface area (Å²) >= 11 is 0. The first-order valence-electron chi connectivity index (χ1n) is 11.8. The van der Waals surface area contributed by atoms with E-state index in [1.54, 1.807) is 12.1 Å². The monoisotopic (exact) mass is 512 g/mol. The van der Waals surface area contributed by atoms with Gasteiger partial charge in [-0.15, -0.1) is 0 Å². The summed E-state index contributed by atoms with van der Waals surface area (Å²) < 4.78 is 25.5. The molecule has 1 unspecified atom stereocenters. The molecule has 10 heteroatoms. The maximum Gasteiger partial charge on any atom is 0.285 e. The molecule has 191 valence electrons. The Kier molecular flexibility index (Phi) is 8.62. The molecule has 1 heterocycles. The van der Waals surface area contributed by atoms with Gasteiger partial charge in [-0.05, 0) is 54.5 Å². The van der Waals surface area contributed by atoms with Gasteiger partial charge >= 0.3 is 0 Å². The molecule has 0 spiro atoms. The lowest BCUT2D eigenvalue weighted by Gasteiger charge is -2.31. The SMILES string of the molecule is CCS(=O)(=O)NC(=O)C1CCCN(C(=O)/C=C/c2cc[c]c([N+](=O)[O-])c2-c2ccccc2C(C)C)C1. The smallest absolute Gasteiger partial charge is 0.285 e. The highest BCUT2D eigenvalue weighted by Gasteiger charge is 2.29. The molecule has 1 fully saturated rings. The van der Waals surface area contributed by atoms with Gasteiger partial charge in [0.25, 0.3) is 5.69 Å². The summed E-state index contributed by atoms with van der Waals surface area (Å²) in [4.78, 5) is 38.2. The zero-order valence-corrected chi connectivity index (χ0v) is 21.4. The van der Waals surface area contributed by atoms with Crippen molar-refractivity contribution in [3.63, 3.8) is 0 Å². The number of amides is 2. The number of nitro benzene ring substituents is 1. The van der Waals surface area contributed by atoms with Gasteiger partial charge in [0.1, 0.15) is 0 Å². The number of piperidine rings is 1. The topological polar surface area (TPSA) is 127 Å². The van der Waals surface area contributed by atoms with E-state index in [-0.39, 0.29) is 29.8 Å². The molecule has 1 aliphatic heterocycles. The molecule has 1 saturated heterocycles. The van der Waals surface area contributed by atoms with Crippen molar-refractivity contribution in [1.29, 1.82) is 0 Å². The van der Waals surface area contributed by atoms with Crippen LogP contribution in [0.2, 0.25) is 0 Å². The molecule has 0 aliphatic carbocycles.